The first-order chi connectivity index (χ1) is 18.2. The van der Waals surface area contributed by atoms with E-state index in [-0.39, 0.29) is 4.91 Å². The van der Waals surface area contributed by atoms with Gasteiger partial charge in [0.1, 0.15) is 13.2 Å². The summed E-state index contributed by atoms with van der Waals surface area (Å²) in [6.45, 7) is 2.20. The molecule has 3 aromatic rings. The molecule has 1 saturated heterocycles. The van der Waals surface area contributed by atoms with Gasteiger partial charge >= 0.3 is 0 Å². The topological polar surface area (TPSA) is 84.9 Å². The molecule has 0 radical (unpaired) electrons. The predicted molar refractivity (Wildman–Crippen MR) is 162 cm³/mol. The van der Waals surface area contributed by atoms with Crippen LogP contribution < -0.4 is 14.8 Å². The second-order valence-corrected chi connectivity index (χ2v) is 11.5. The summed E-state index contributed by atoms with van der Waals surface area (Å²) in [5.74, 6) is -0.0519. The molecule has 0 spiro atoms. The maximum Gasteiger partial charge on any atom is 0.294 e. The number of hydrogen-bond donors (Lipinski definition) is 1. The molecule has 196 valence electrons. The van der Waals surface area contributed by atoms with E-state index in [1.165, 1.54) is 0 Å². The number of hydrogen-bond acceptors (Lipinski definition) is 6. The maximum atomic E-state index is 13.0. The van der Waals surface area contributed by atoms with E-state index in [0.717, 1.165) is 25.8 Å². The molecule has 0 atom stereocenters. The summed E-state index contributed by atoms with van der Waals surface area (Å²) in [6, 6.07) is 18.3. The Balaban J connectivity index is 1.49. The maximum absolute atomic E-state index is 13.0. The Hall–Kier alpha value is -2.54. The summed E-state index contributed by atoms with van der Waals surface area (Å²) >= 11 is 12.6. The van der Waals surface area contributed by atoms with E-state index in [9.17, 15) is 14.4 Å². The third-order valence-corrected chi connectivity index (χ3v) is 7.79. The highest BCUT2D eigenvalue weighted by molar-refractivity contribution is 14.1. The zero-order valence-electron chi connectivity index (χ0n) is 20.0. The van der Waals surface area contributed by atoms with Crippen molar-refractivity contribution in [3.05, 3.63) is 89.8 Å². The number of benzene rings is 3. The van der Waals surface area contributed by atoms with E-state index in [1.807, 2.05) is 31.2 Å². The Kier molecular flexibility index (Phi) is 9.74. The van der Waals surface area contributed by atoms with E-state index in [0.29, 0.717) is 45.5 Å². The third kappa shape index (κ3) is 7.10. The van der Waals surface area contributed by atoms with Gasteiger partial charge in [-0.15, -0.1) is 0 Å². The smallest absolute Gasteiger partial charge is 0.294 e. The van der Waals surface area contributed by atoms with Crippen LogP contribution in [0.1, 0.15) is 18.1 Å². The molecule has 1 fully saturated rings. The number of nitrogens with one attached hydrogen (secondary N) is 1. The normalized spacial score (nSPS) is 14.2. The van der Waals surface area contributed by atoms with E-state index in [2.05, 4.69) is 43.8 Å². The van der Waals surface area contributed by atoms with Crippen LogP contribution in [0, 0.1) is 3.57 Å². The van der Waals surface area contributed by atoms with E-state index < -0.39 is 23.6 Å². The number of carbonyl (C=O) groups is 3. The second kappa shape index (κ2) is 13.0. The first-order valence-corrected chi connectivity index (χ1v) is 14.4. The number of ether oxygens (including phenoxy) is 2. The van der Waals surface area contributed by atoms with Crippen molar-refractivity contribution in [3.8, 4) is 11.5 Å². The minimum atomic E-state index is -0.553. The van der Waals surface area contributed by atoms with Crippen LogP contribution in [0.5, 0.6) is 11.5 Å². The van der Waals surface area contributed by atoms with Gasteiger partial charge < -0.3 is 14.8 Å². The number of imide groups is 1. The number of carbonyl (C=O) groups excluding carboxylic acids is 3. The predicted octanol–water partition coefficient (Wildman–Crippen LogP) is 7.36. The lowest BCUT2D eigenvalue weighted by Gasteiger charge is -2.15. The third-order valence-electron chi connectivity index (χ3n) is 5.25. The SMILES string of the molecule is CCOc1cc(/C=C2/SC(=O)N(CC(=O)Nc3ccccc3Cl)C2=O)cc(Br)c1OCc1ccc(I)cc1. The van der Waals surface area contributed by atoms with Crippen molar-refractivity contribution in [2.45, 2.75) is 13.5 Å². The molecule has 1 heterocycles. The molecule has 1 aliphatic rings. The zero-order valence-corrected chi connectivity index (χ0v) is 25.3. The van der Waals surface area contributed by atoms with Crippen molar-refractivity contribution in [2.24, 2.45) is 0 Å². The van der Waals surface area contributed by atoms with Crippen molar-refractivity contribution >= 4 is 90.7 Å². The molecule has 4 rings (SSSR count). The van der Waals surface area contributed by atoms with Crippen LogP contribution >= 0.6 is 61.9 Å². The van der Waals surface area contributed by atoms with Crippen LogP contribution in [0.25, 0.3) is 6.08 Å². The minimum absolute atomic E-state index is 0.197. The monoisotopic (exact) mass is 726 g/mol. The number of para-hydroxylation sites is 1. The Morgan fingerprint density at radius 2 is 1.87 bits per heavy atom. The summed E-state index contributed by atoms with van der Waals surface area (Å²) in [5.41, 5.74) is 2.04. The Morgan fingerprint density at radius 1 is 1.13 bits per heavy atom. The zero-order chi connectivity index (χ0) is 27.2. The van der Waals surface area contributed by atoms with Crippen molar-refractivity contribution in [2.75, 3.05) is 18.5 Å². The summed E-state index contributed by atoms with van der Waals surface area (Å²) in [4.78, 5) is 39.1. The van der Waals surface area contributed by atoms with Crippen LogP contribution in [0.4, 0.5) is 10.5 Å². The van der Waals surface area contributed by atoms with Crippen LogP contribution in [0.2, 0.25) is 5.02 Å². The first kappa shape index (κ1) is 28.5. The van der Waals surface area contributed by atoms with Crippen molar-refractivity contribution < 1.29 is 23.9 Å². The first-order valence-electron chi connectivity index (χ1n) is 11.4. The summed E-state index contributed by atoms with van der Waals surface area (Å²) in [7, 11) is 0. The average molecular weight is 728 g/mol. The number of rotatable bonds is 9. The number of nitrogens with zero attached hydrogens (tertiary/aromatic N) is 1. The largest absolute Gasteiger partial charge is 0.490 e. The van der Waals surface area contributed by atoms with Crippen LogP contribution in [-0.2, 0) is 16.2 Å². The van der Waals surface area contributed by atoms with E-state index in [4.69, 9.17) is 21.1 Å². The van der Waals surface area contributed by atoms with E-state index in [1.54, 1.807) is 42.5 Å². The van der Waals surface area contributed by atoms with Gasteiger partial charge in [0.2, 0.25) is 5.91 Å². The quantitative estimate of drug-likeness (QED) is 0.183. The van der Waals surface area contributed by atoms with Crippen molar-refractivity contribution in [1.29, 1.82) is 0 Å². The standard InChI is InChI=1S/C27H21BrClIN2O5S/c1-2-36-22-12-17(11-19(28)25(22)37-15-16-7-9-18(30)10-8-16)13-23-26(34)32(27(35)38-23)14-24(33)31-21-6-4-3-5-20(21)29/h3-13H,2,14-15H2,1H3,(H,31,33)/b23-13+. The highest BCUT2D eigenvalue weighted by Crippen LogP contribution is 2.39. The molecule has 11 heteroatoms. The van der Waals surface area contributed by atoms with Gasteiger partial charge in [-0.05, 0) is 111 Å². The molecular formula is C27H21BrClIN2O5S. The van der Waals surface area contributed by atoms with Crippen LogP contribution in [0.15, 0.2) is 70.0 Å². The van der Waals surface area contributed by atoms with Gasteiger partial charge in [-0.25, -0.2) is 0 Å². The summed E-state index contributed by atoms with van der Waals surface area (Å²) < 4.78 is 13.6. The minimum Gasteiger partial charge on any atom is -0.490 e. The number of amides is 3. The fraction of sp³-hybridized carbons (Fsp3) is 0.148. The van der Waals surface area contributed by atoms with Gasteiger partial charge in [-0.1, -0.05) is 35.9 Å². The van der Waals surface area contributed by atoms with Gasteiger partial charge in [0.25, 0.3) is 11.1 Å². The van der Waals surface area contributed by atoms with Gasteiger partial charge in [-0.2, -0.15) is 0 Å². The molecule has 7 nitrogen and oxygen atoms in total. The fourth-order valence-electron chi connectivity index (χ4n) is 3.49. The molecule has 3 amide bonds. The van der Waals surface area contributed by atoms with Crippen LogP contribution in [0.3, 0.4) is 0 Å². The summed E-state index contributed by atoms with van der Waals surface area (Å²) in [5, 5.41) is 2.45. The highest BCUT2D eigenvalue weighted by Gasteiger charge is 2.36. The number of thioether (sulfide) groups is 1. The van der Waals surface area contributed by atoms with Crippen molar-refractivity contribution in [3.63, 3.8) is 0 Å². The second-order valence-electron chi connectivity index (χ2n) is 7.97. The lowest BCUT2D eigenvalue weighted by atomic mass is 10.1. The molecule has 38 heavy (non-hydrogen) atoms. The van der Waals surface area contributed by atoms with Crippen LogP contribution in [-0.4, -0.2) is 35.1 Å². The highest BCUT2D eigenvalue weighted by atomic mass is 127. The summed E-state index contributed by atoms with van der Waals surface area (Å²) in [6.07, 6.45) is 1.59. The van der Waals surface area contributed by atoms with Gasteiger partial charge in [0.15, 0.2) is 11.5 Å². The van der Waals surface area contributed by atoms with E-state index >= 15 is 0 Å². The van der Waals surface area contributed by atoms with Gasteiger partial charge in [0, 0.05) is 3.57 Å². The molecule has 0 aromatic heterocycles. The molecule has 0 unspecified atom stereocenters. The molecule has 0 aliphatic carbocycles. The molecule has 0 saturated carbocycles. The Morgan fingerprint density at radius 3 is 2.58 bits per heavy atom. The Labute approximate surface area is 251 Å². The van der Waals surface area contributed by atoms with Gasteiger partial charge in [-0.3, -0.25) is 19.3 Å². The van der Waals surface area contributed by atoms with Crippen molar-refractivity contribution in [1.82, 2.24) is 4.90 Å². The number of anilines is 1. The average Bonchev–Trinajstić information content (AvgIpc) is 3.13. The molecule has 0 bridgehead atoms. The molecule has 3 aromatic carbocycles. The fourth-order valence-corrected chi connectivity index (χ4v) is 5.45. The van der Waals surface area contributed by atoms with Gasteiger partial charge in [0.05, 0.1) is 26.7 Å². The lowest BCUT2D eigenvalue weighted by Crippen LogP contribution is -2.36. The molecular weight excluding hydrogens is 707 g/mol. The Bertz CT molecular complexity index is 1420. The molecule has 1 aliphatic heterocycles. The molecule has 1 N–H and O–H groups in total. The lowest BCUT2D eigenvalue weighted by molar-refractivity contribution is -0.127. The number of halogens is 3.